The van der Waals surface area contributed by atoms with Crippen LogP contribution in [0.25, 0.3) is 0 Å². The van der Waals surface area contributed by atoms with Crippen LogP contribution in [0.1, 0.15) is 30.7 Å². The second-order valence-corrected chi connectivity index (χ2v) is 4.66. The van der Waals surface area contributed by atoms with Crippen molar-refractivity contribution in [1.29, 1.82) is 0 Å². The molecular formula is C12H18ClN3. The fraction of sp³-hybridized carbons (Fsp3) is 0.583. The summed E-state index contributed by atoms with van der Waals surface area (Å²) in [5.74, 6) is 0.569. The molecule has 0 amide bonds. The molecule has 1 fully saturated rings. The van der Waals surface area contributed by atoms with E-state index in [1.165, 1.54) is 24.8 Å². The average molecular weight is 240 g/mol. The van der Waals surface area contributed by atoms with E-state index in [2.05, 4.69) is 21.5 Å². The van der Waals surface area contributed by atoms with Gasteiger partial charge in [0.1, 0.15) is 5.15 Å². The van der Waals surface area contributed by atoms with E-state index in [9.17, 15) is 0 Å². The first-order chi connectivity index (χ1) is 7.79. The number of nitrogens with zero attached hydrogens (tertiary/aromatic N) is 2. The molecule has 88 valence electrons. The van der Waals surface area contributed by atoms with Crippen LogP contribution in [0.3, 0.4) is 0 Å². The molecule has 3 nitrogen and oxygen atoms in total. The standard InChI is InChI=1S/C12H18ClN3/c1-14-16-7-3-2-4-11(9-16)10-5-6-12(13)15-8-10/h5-6,8,11,14H,2-4,7,9H2,1H3/t11-/m0/s1. The number of hydrazine groups is 1. The van der Waals surface area contributed by atoms with Gasteiger partial charge in [-0.3, -0.25) is 5.43 Å². The van der Waals surface area contributed by atoms with Gasteiger partial charge in [0.25, 0.3) is 0 Å². The van der Waals surface area contributed by atoms with Gasteiger partial charge in [0.05, 0.1) is 0 Å². The molecule has 4 heteroatoms. The zero-order valence-electron chi connectivity index (χ0n) is 9.62. The molecule has 2 rings (SSSR count). The highest BCUT2D eigenvalue weighted by Crippen LogP contribution is 2.25. The van der Waals surface area contributed by atoms with Crippen molar-refractivity contribution < 1.29 is 0 Å². The molecule has 0 spiro atoms. The number of rotatable bonds is 2. The van der Waals surface area contributed by atoms with E-state index in [0.29, 0.717) is 11.1 Å². The van der Waals surface area contributed by atoms with Crippen LogP contribution in [0.15, 0.2) is 18.3 Å². The van der Waals surface area contributed by atoms with Crippen LogP contribution in [0.5, 0.6) is 0 Å². The van der Waals surface area contributed by atoms with Gasteiger partial charge in [-0.1, -0.05) is 24.1 Å². The second-order valence-electron chi connectivity index (χ2n) is 4.28. The van der Waals surface area contributed by atoms with E-state index in [-0.39, 0.29) is 0 Å². The maximum Gasteiger partial charge on any atom is 0.129 e. The molecule has 1 aliphatic heterocycles. The monoisotopic (exact) mass is 239 g/mol. The lowest BCUT2D eigenvalue weighted by molar-refractivity contribution is 0.207. The zero-order chi connectivity index (χ0) is 11.4. The molecule has 16 heavy (non-hydrogen) atoms. The summed E-state index contributed by atoms with van der Waals surface area (Å²) >= 11 is 5.80. The van der Waals surface area contributed by atoms with Crippen LogP contribution >= 0.6 is 11.6 Å². The third kappa shape index (κ3) is 2.94. The molecule has 0 radical (unpaired) electrons. The summed E-state index contributed by atoms with van der Waals surface area (Å²) < 4.78 is 0. The summed E-state index contributed by atoms with van der Waals surface area (Å²) in [6, 6.07) is 3.98. The number of halogens is 1. The lowest BCUT2D eigenvalue weighted by Crippen LogP contribution is -2.37. The lowest BCUT2D eigenvalue weighted by atomic mass is 9.96. The molecule has 0 bridgehead atoms. The minimum Gasteiger partial charge on any atom is -0.258 e. The highest BCUT2D eigenvalue weighted by atomic mass is 35.5. The summed E-state index contributed by atoms with van der Waals surface area (Å²) in [4.78, 5) is 4.16. The summed E-state index contributed by atoms with van der Waals surface area (Å²) in [6.07, 6.45) is 5.69. The number of nitrogens with one attached hydrogen (secondary N) is 1. The normalized spacial score (nSPS) is 23.0. The van der Waals surface area contributed by atoms with E-state index >= 15 is 0 Å². The van der Waals surface area contributed by atoms with Crippen LogP contribution in [-0.4, -0.2) is 30.1 Å². The Kier molecular flexibility index (Phi) is 4.16. The molecule has 1 aromatic rings. The molecule has 2 heterocycles. The maximum atomic E-state index is 5.80. The van der Waals surface area contributed by atoms with Gasteiger partial charge in [-0.15, -0.1) is 0 Å². The fourth-order valence-corrected chi connectivity index (χ4v) is 2.36. The van der Waals surface area contributed by atoms with Crippen molar-refractivity contribution in [3.05, 3.63) is 29.0 Å². The van der Waals surface area contributed by atoms with Gasteiger partial charge >= 0.3 is 0 Å². The van der Waals surface area contributed by atoms with Gasteiger partial charge in [0.2, 0.25) is 0 Å². The van der Waals surface area contributed by atoms with Gasteiger partial charge in [0, 0.05) is 19.3 Å². The van der Waals surface area contributed by atoms with Crippen LogP contribution < -0.4 is 5.43 Å². The number of hydrogen-bond acceptors (Lipinski definition) is 3. The summed E-state index contributed by atoms with van der Waals surface area (Å²) in [6.45, 7) is 2.19. The third-order valence-electron chi connectivity index (χ3n) is 3.21. The molecule has 0 aliphatic carbocycles. The Labute approximate surface area is 102 Å². The Morgan fingerprint density at radius 3 is 3.00 bits per heavy atom. The summed E-state index contributed by atoms with van der Waals surface area (Å²) in [5, 5.41) is 2.86. The highest BCUT2D eigenvalue weighted by Gasteiger charge is 2.18. The number of aromatic nitrogens is 1. The van der Waals surface area contributed by atoms with Crippen molar-refractivity contribution >= 4 is 11.6 Å². The zero-order valence-corrected chi connectivity index (χ0v) is 10.4. The first-order valence-electron chi connectivity index (χ1n) is 5.83. The Morgan fingerprint density at radius 1 is 1.44 bits per heavy atom. The topological polar surface area (TPSA) is 28.2 Å². The smallest absolute Gasteiger partial charge is 0.129 e. The predicted octanol–water partition coefficient (Wildman–Crippen LogP) is 2.44. The molecule has 1 aliphatic rings. The Hall–Kier alpha value is -0.640. The highest BCUT2D eigenvalue weighted by molar-refractivity contribution is 6.29. The molecule has 0 unspecified atom stereocenters. The first-order valence-corrected chi connectivity index (χ1v) is 6.21. The molecule has 0 saturated carbocycles. The number of hydrogen-bond donors (Lipinski definition) is 1. The largest absolute Gasteiger partial charge is 0.258 e. The van der Waals surface area contributed by atoms with Gasteiger partial charge in [-0.25, -0.2) is 9.99 Å². The SMILES string of the molecule is CNN1CCCC[C@H](c2ccc(Cl)nc2)C1. The Balaban J connectivity index is 2.09. The third-order valence-corrected chi connectivity index (χ3v) is 3.43. The van der Waals surface area contributed by atoms with Gasteiger partial charge < -0.3 is 0 Å². The molecule has 1 aromatic heterocycles. The fourth-order valence-electron chi connectivity index (χ4n) is 2.25. The van der Waals surface area contributed by atoms with Crippen LogP contribution in [0.4, 0.5) is 0 Å². The molecular weight excluding hydrogens is 222 g/mol. The second kappa shape index (κ2) is 5.62. The van der Waals surface area contributed by atoms with Gasteiger partial charge in [-0.2, -0.15) is 0 Å². The maximum absolute atomic E-state index is 5.80. The lowest BCUT2D eigenvalue weighted by Gasteiger charge is -2.23. The van der Waals surface area contributed by atoms with Crippen LogP contribution in [0, 0.1) is 0 Å². The van der Waals surface area contributed by atoms with Crippen LogP contribution in [-0.2, 0) is 0 Å². The van der Waals surface area contributed by atoms with Crippen molar-refractivity contribution in [3.8, 4) is 0 Å². The molecule has 0 aromatic carbocycles. The van der Waals surface area contributed by atoms with Gasteiger partial charge in [-0.05, 0) is 37.4 Å². The van der Waals surface area contributed by atoms with Crippen molar-refractivity contribution in [1.82, 2.24) is 15.4 Å². The summed E-state index contributed by atoms with van der Waals surface area (Å²) in [5.41, 5.74) is 4.54. The van der Waals surface area contributed by atoms with Crippen molar-refractivity contribution in [3.63, 3.8) is 0 Å². The minimum absolute atomic E-state index is 0.569. The molecule has 1 N–H and O–H groups in total. The predicted molar refractivity (Wildman–Crippen MR) is 66.5 cm³/mol. The first kappa shape index (κ1) is 11.8. The van der Waals surface area contributed by atoms with Crippen molar-refractivity contribution in [2.75, 3.05) is 20.1 Å². The summed E-state index contributed by atoms with van der Waals surface area (Å²) in [7, 11) is 1.99. The molecule has 1 saturated heterocycles. The quantitative estimate of drug-likeness (QED) is 0.804. The van der Waals surface area contributed by atoms with E-state index in [1.54, 1.807) is 0 Å². The van der Waals surface area contributed by atoms with Crippen molar-refractivity contribution in [2.24, 2.45) is 0 Å². The molecule has 1 atom stereocenters. The Bertz CT molecular complexity index is 326. The van der Waals surface area contributed by atoms with Crippen LogP contribution in [0.2, 0.25) is 5.15 Å². The van der Waals surface area contributed by atoms with Gasteiger partial charge in [0.15, 0.2) is 0 Å². The van der Waals surface area contributed by atoms with Crippen molar-refractivity contribution in [2.45, 2.75) is 25.2 Å². The Morgan fingerprint density at radius 2 is 2.31 bits per heavy atom. The van der Waals surface area contributed by atoms with E-state index in [4.69, 9.17) is 11.6 Å². The van der Waals surface area contributed by atoms with E-state index in [1.807, 2.05) is 19.3 Å². The number of pyridine rings is 1. The average Bonchev–Trinajstić information content (AvgIpc) is 2.55. The van der Waals surface area contributed by atoms with E-state index in [0.717, 1.165) is 13.1 Å². The minimum atomic E-state index is 0.569. The van der Waals surface area contributed by atoms with E-state index < -0.39 is 0 Å².